The molecular weight excluding hydrogens is 453 g/mol. The number of pyridine rings is 1. The van der Waals surface area contributed by atoms with Gasteiger partial charge in [0, 0.05) is 42.5 Å². The molecule has 1 saturated heterocycles. The first-order valence-corrected chi connectivity index (χ1v) is 9.78. The summed E-state index contributed by atoms with van der Waals surface area (Å²) in [6.07, 6.45) is -2.99. The number of anilines is 2. The number of aromatic nitrogens is 1. The molecule has 1 aliphatic rings. The molecule has 29 heavy (non-hydrogen) atoms. The fourth-order valence-corrected chi connectivity index (χ4v) is 3.28. The van der Waals surface area contributed by atoms with Crippen molar-refractivity contribution in [2.75, 3.05) is 36.4 Å². The number of hydrogen-bond acceptors (Lipinski definition) is 5. The van der Waals surface area contributed by atoms with Gasteiger partial charge in [-0.1, -0.05) is 0 Å². The van der Waals surface area contributed by atoms with Crippen molar-refractivity contribution in [2.45, 2.75) is 19.3 Å². The van der Waals surface area contributed by atoms with Crippen LogP contribution in [0.3, 0.4) is 0 Å². The molecule has 1 amide bonds. The van der Waals surface area contributed by atoms with Crippen LogP contribution in [-0.4, -0.2) is 54.4 Å². The first-order chi connectivity index (χ1) is 13.7. The molecule has 10 heteroatoms. The number of alkyl halides is 3. The molecule has 1 unspecified atom stereocenters. The van der Waals surface area contributed by atoms with Crippen LogP contribution in [0.5, 0.6) is 5.75 Å². The number of carbonyl (C=O) groups excluding carboxylic acids is 1. The molecular formula is C19H20BrF3N4O2. The molecule has 0 spiro atoms. The van der Waals surface area contributed by atoms with Gasteiger partial charge in [-0.3, -0.25) is 9.69 Å². The second-order valence-electron chi connectivity index (χ2n) is 6.60. The van der Waals surface area contributed by atoms with Crippen molar-refractivity contribution in [2.24, 2.45) is 0 Å². The van der Waals surface area contributed by atoms with E-state index in [1.165, 1.54) is 12.1 Å². The number of carbonyl (C=O) groups is 1. The van der Waals surface area contributed by atoms with Gasteiger partial charge in [-0.2, -0.15) is 0 Å². The Morgan fingerprint density at radius 1 is 1.14 bits per heavy atom. The van der Waals surface area contributed by atoms with E-state index in [1.807, 2.05) is 19.1 Å². The molecule has 1 fully saturated rings. The third kappa shape index (κ3) is 6.07. The molecule has 6 nitrogen and oxygen atoms in total. The summed E-state index contributed by atoms with van der Waals surface area (Å²) >= 11 is 3.37. The Balaban J connectivity index is 1.51. The Bertz CT molecular complexity index is 823. The van der Waals surface area contributed by atoms with Crippen LogP contribution in [0, 0.1) is 0 Å². The normalized spacial score (nSPS) is 16.4. The monoisotopic (exact) mass is 472 g/mol. The molecule has 0 bridgehead atoms. The highest BCUT2D eigenvalue weighted by Crippen LogP contribution is 2.24. The van der Waals surface area contributed by atoms with Crippen LogP contribution >= 0.6 is 15.9 Å². The van der Waals surface area contributed by atoms with Crippen molar-refractivity contribution < 1.29 is 22.7 Å². The number of rotatable bonds is 5. The molecule has 3 rings (SSSR count). The van der Waals surface area contributed by atoms with Crippen LogP contribution in [0.25, 0.3) is 0 Å². The predicted octanol–water partition coefficient (Wildman–Crippen LogP) is 3.89. The van der Waals surface area contributed by atoms with E-state index in [-0.39, 0.29) is 17.7 Å². The summed E-state index contributed by atoms with van der Waals surface area (Å²) in [6, 6.07) is 8.60. The van der Waals surface area contributed by atoms with Gasteiger partial charge in [0.05, 0.1) is 6.04 Å². The summed E-state index contributed by atoms with van der Waals surface area (Å²) in [7, 11) is 0. The highest BCUT2D eigenvalue weighted by atomic mass is 79.9. The van der Waals surface area contributed by atoms with E-state index in [0.29, 0.717) is 18.8 Å². The first kappa shape index (κ1) is 21.4. The van der Waals surface area contributed by atoms with Crippen molar-refractivity contribution in [3.05, 3.63) is 47.1 Å². The summed E-state index contributed by atoms with van der Waals surface area (Å²) in [6.45, 7) is 4.70. The second kappa shape index (κ2) is 9.00. The third-order valence-corrected chi connectivity index (χ3v) is 5.10. The summed E-state index contributed by atoms with van der Waals surface area (Å²) in [5.41, 5.74) is 0.411. The molecule has 1 aromatic carbocycles. The number of hydrogen-bond donors (Lipinski definition) is 1. The summed E-state index contributed by atoms with van der Waals surface area (Å²) in [4.78, 5) is 21.1. The van der Waals surface area contributed by atoms with Crippen molar-refractivity contribution in [3.63, 3.8) is 0 Å². The fourth-order valence-electron chi connectivity index (χ4n) is 3.05. The zero-order valence-corrected chi connectivity index (χ0v) is 17.2. The largest absolute Gasteiger partial charge is 0.573 e. The van der Waals surface area contributed by atoms with E-state index < -0.39 is 6.36 Å². The van der Waals surface area contributed by atoms with E-state index in [9.17, 15) is 18.0 Å². The maximum atomic E-state index is 12.5. The summed E-state index contributed by atoms with van der Waals surface area (Å²) in [5, 5.41) is 2.73. The van der Waals surface area contributed by atoms with Gasteiger partial charge in [0.25, 0.3) is 0 Å². The van der Waals surface area contributed by atoms with Crippen LogP contribution in [0.1, 0.15) is 6.92 Å². The smallest absolute Gasteiger partial charge is 0.406 e. The average molecular weight is 473 g/mol. The van der Waals surface area contributed by atoms with E-state index in [2.05, 4.69) is 40.8 Å². The average Bonchev–Trinajstić information content (AvgIpc) is 2.68. The first-order valence-electron chi connectivity index (χ1n) is 8.98. The van der Waals surface area contributed by atoms with Gasteiger partial charge in [-0.15, -0.1) is 13.2 Å². The minimum atomic E-state index is -4.74. The lowest BCUT2D eigenvalue weighted by molar-refractivity contribution is -0.274. The van der Waals surface area contributed by atoms with E-state index in [1.54, 1.807) is 6.20 Å². The Labute approximate surface area is 174 Å². The number of ether oxygens (including phenoxy) is 1. The molecule has 1 aliphatic heterocycles. The molecule has 1 N–H and O–H groups in total. The van der Waals surface area contributed by atoms with Crippen molar-refractivity contribution in [1.82, 2.24) is 9.88 Å². The Morgan fingerprint density at radius 3 is 2.34 bits per heavy atom. The SMILES string of the molecule is CC(C(=O)Nc1ccc(OC(F)(F)F)cc1)N1CCN(c2ccc(Br)cn2)CC1. The van der Waals surface area contributed by atoms with Crippen LogP contribution < -0.4 is 15.0 Å². The minimum absolute atomic E-state index is 0.218. The fraction of sp³-hybridized carbons (Fsp3) is 0.368. The molecule has 156 valence electrons. The quantitative estimate of drug-likeness (QED) is 0.715. The third-order valence-electron chi connectivity index (χ3n) is 4.63. The number of nitrogens with one attached hydrogen (secondary N) is 1. The van der Waals surface area contributed by atoms with Crippen molar-refractivity contribution >= 4 is 33.3 Å². The maximum absolute atomic E-state index is 12.5. The van der Waals surface area contributed by atoms with Gasteiger partial charge in [-0.05, 0) is 59.3 Å². The van der Waals surface area contributed by atoms with Crippen molar-refractivity contribution in [1.29, 1.82) is 0 Å². The van der Waals surface area contributed by atoms with Gasteiger partial charge in [0.2, 0.25) is 5.91 Å². The minimum Gasteiger partial charge on any atom is -0.406 e. The Morgan fingerprint density at radius 2 is 1.79 bits per heavy atom. The van der Waals surface area contributed by atoms with Crippen molar-refractivity contribution in [3.8, 4) is 5.75 Å². The Hall–Kier alpha value is -2.33. The van der Waals surface area contributed by atoms with Gasteiger partial charge in [0.1, 0.15) is 11.6 Å². The van der Waals surface area contributed by atoms with Crippen LogP contribution in [0.2, 0.25) is 0 Å². The lowest BCUT2D eigenvalue weighted by Crippen LogP contribution is -2.53. The molecule has 0 saturated carbocycles. The highest BCUT2D eigenvalue weighted by Gasteiger charge is 2.31. The van der Waals surface area contributed by atoms with Crippen LogP contribution in [0.4, 0.5) is 24.7 Å². The zero-order chi connectivity index (χ0) is 21.0. The van der Waals surface area contributed by atoms with E-state index in [4.69, 9.17) is 0 Å². The number of piperazine rings is 1. The Kier molecular flexibility index (Phi) is 6.63. The predicted molar refractivity (Wildman–Crippen MR) is 107 cm³/mol. The number of nitrogens with zero attached hydrogens (tertiary/aromatic N) is 3. The van der Waals surface area contributed by atoms with Gasteiger partial charge in [0.15, 0.2) is 0 Å². The van der Waals surface area contributed by atoms with Crippen LogP contribution in [-0.2, 0) is 4.79 Å². The highest BCUT2D eigenvalue weighted by molar-refractivity contribution is 9.10. The standard InChI is InChI=1S/C19H20BrF3N4O2/c1-13(18(28)25-15-3-5-16(6-4-15)29-19(21,22)23)26-8-10-27(11-9-26)17-7-2-14(20)12-24-17/h2-7,12-13H,8-11H2,1H3,(H,25,28). The van der Waals surface area contributed by atoms with Crippen LogP contribution in [0.15, 0.2) is 47.1 Å². The number of halogens is 4. The van der Waals surface area contributed by atoms with Gasteiger partial charge >= 0.3 is 6.36 Å². The van der Waals surface area contributed by atoms with Gasteiger partial charge < -0.3 is 15.0 Å². The molecule has 0 radical (unpaired) electrons. The molecule has 0 aliphatic carbocycles. The van der Waals surface area contributed by atoms with E-state index in [0.717, 1.165) is 35.5 Å². The summed E-state index contributed by atoms with van der Waals surface area (Å²) < 4.78 is 41.4. The number of benzene rings is 1. The lowest BCUT2D eigenvalue weighted by atomic mass is 10.2. The lowest BCUT2D eigenvalue weighted by Gasteiger charge is -2.38. The topological polar surface area (TPSA) is 57.7 Å². The maximum Gasteiger partial charge on any atom is 0.573 e. The second-order valence-corrected chi connectivity index (χ2v) is 7.51. The zero-order valence-electron chi connectivity index (χ0n) is 15.6. The molecule has 1 atom stereocenters. The van der Waals surface area contributed by atoms with Gasteiger partial charge in [-0.25, -0.2) is 4.98 Å². The van der Waals surface area contributed by atoms with E-state index >= 15 is 0 Å². The molecule has 2 aromatic rings. The number of amides is 1. The molecule has 2 heterocycles. The molecule has 1 aromatic heterocycles. The summed E-state index contributed by atoms with van der Waals surface area (Å²) in [5.74, 6) is 0.344.